The molecule has 0 heterocycles. The van der Waals surface area contributed by atoms with Gasteiger partial charge in [-0.25, -0.2) is 0 Å². The number of halogens is 1. The number of ether oxygens (including phenoxy) is 1. The van der Waals surface area contributed by atoms with E-state index in [4.69, 9.17) is 4.74 Å². The molecule has 0 aliphatic heterocycles. The molecule has 3 nitrogen and oxygen atoms in total. The minimum Gasteiger partial charge on any atom is -0.481 e. The second kappa shape index (κ2) is 5.41. The summed E-state index contributed by atoms with van der Waals surface area (Å²) in [4.78, 5) is 11.6. The summed E-state index contributed by atoms with van der Waals surface area (Å²) in [6, 6.07) is 5.82. The van der Waals surface area contributed by atoms with Gasteiger partial charge in [0.1, 0.15) is 0 Å². The molecule has 1 aliphatic rings. The summed E-state index contributed by atoms with van der Waals surface area (Å²) in [5.74, 6) is -0.702. The molecule has 1 aromatic rings. The fourth-order valence-corrected chi connectivity index (χ4v) is 3.22. The zero-order chi connectivity index (χ0) is 13.2. The van der Waals surface area contributed by atoms with Gasteiger partial charge in [-0.1, -0.05) is 40.9 Å². The summed E-state index contributed by atoms with van der Waals surface area (Å²) in [5, 5.41) is 9.54. The number of carbonyl (C=O) groups is 1. The highest BCUT2D eigenvalue weighted by atomic mass is 79.9. The summed E-state index contributed by atoms with van der Waals surface area (Å²) >= 11 is 3.50. The predicted molar refractivity (Wildman–Crippen MR) is 72.6 cm³/mol. The minimum absolute atomic E-state index is 0.529. The molecule has 0 bridgehead atoms. The highest BCUT2D eigenvalue weighted by Gasteiger charge is 2.42. The number of benzene rings is 1. The molecule has 2 rings (SSSR count). The summed E-state index contributed by atoms with van der Waals surface area (Å²) in [7, 11) is 1.65. The van der Waals surface area contributed by atoms with Crippen LogP contribution in [0.2, 0.25) is 0 Å². The van der Waals surface area contributed by atoms with Crippen molar-refractivity contribution in [1.29, 1.82) is 0 Å². The lowest BCUT2D eigenvalue weighted by Crippen LogP contribution is -2.32. The Balaban J connectivity index is 2.38. The largest absolute Gasteiger partial charge is 0.481 e. The van der Waals surface area contributed by atoms with Crippen LogP contribution in [0.4, 0.5) is 0 Å². The first kappa shape index (κ1) is 13.6. The molecular formula is C14H17BrO3. The van der Waals surface area contributed by atoms with Crippen LogP contribution in [0.3, 0.4) is 0 Å². The molecule has 4 heteroatoms. The van der Waals surface area contributed by atoms with Crippen molar-refractivity contribution in [3.8, 4) is 0 Å². The first-order valence-electron chi connectivity index (χ1n) is 6.11. The molecular weight excluding hydrogens is 296 g/mol. The van der Waals surface area contributed by atoms with Gasteiger partial charge in [0, 0.05) is 11.6 Å². The van der Waals surface area contributed by atoms with E-state index in [0.717, 1.165) is 41.3 Å². The molecule has 0 saturated heterocycles. The van der Waals surface area contributed by atoms with Gasteiger partial charge in [0.15, 0.2) is 0 Å². The fraction of sp³-hybridized carbons (Fsp3) is 0.500. The number of carboxylic acids is 1. The normalized spacial score (nSPS) is 17.9. The van der Waals surface area contributed by atoms with E-state index in [1.165, 1.54) is 0 Å². The molecule has 0 unspecified atom stereocenters. The van der Waals surface area contributed by atoms with Gasteiger partial charge in [0.25, 0.3) is 0 Å². The van der Waals surface area contributed by atoms with E-state index >= 15 is 0 Å². The van der Waals surface area contributed by atoms with Crippen LogP contribution in [0.1, 0.15) is 36.8 Å². The van der Waals surface area contributed by atoms with Crippen molar-refractivity contribution in [3.63, 3.8) is 0 Å². The molecule has 18 heavy (non-hydrogen) atoms. The Kier molecular flexibility index (Phi) is 4.07. The van der Waals surface area contributed by atoms with Gasteiger partial charge >= 0.3 is 5.97 Å². The molecule has 0 aromatic heterocycles. The van der Waals surface area contributed by atoms with E-state index in [2.05, 4.69) is 15.9 Å². The Morgan fingerprint density at radius 3 is 2.61 bits per heavy atom. The lowest BCUT2D eigenvalue weighted by atomic mass is 9.79. The minimum atomic E-state index is -0.702. The SMILES string of the molecule is COCc1ccc(C2(C(=O)O)CCCC2)cc1Br. The number of hydrogen-bond acceptors (Lipinski definition) is 2. The van der Waals surface area contributed by atoms with Crippen molar-refractivity contribution in [2.75, 3.05) is 7.11 Å². The zero-order valence-corrected chi connectivity index (χ0v) is 12.0. The van der Waals surface area contributed by atoms with Crippen molar-refractivity contribution in [2.24, 2.45) is 0 Å². The molecule has 1 aliphatic carbocycles. The number of methoxy groups -OCH3 is 1. The van der Waals surface area contributed by atoms with Crippen LogP contribution in [0.5, 0.6) is 0 Å². The average Bonchev–Trinajstić information content (AvgIpc) is 2.82. The van der Waals surface area contributed by atoms with E-state index in [1.54, 1.807) is 7.11 Å². The van der Waals surface area contributed by atoms with Crippen LogP contribution in [0.25, 0.3) is 0 Å². The third-order valence-electron chi connectivity index (χ3n) is 3.77. The third kappa shape index (κ3) is 2.31. The quantitative estimate of drug-likeness (QED) is 0.925. The maximum Gasteiger partial charge on any atom is 0.314 e. The molecule has 0 amide bonds. The summed E-state index contributed by atoms with van der Waals surface area (Å²) in [5.41, 5.74) is 1.26. The van der Waals surface area contributed by atoms with E-state index in [9.17, 15) is 9.90 Å². The summed E-state index contributed by atoms with van der Waals surface area (Å²) in [6.07, 6.45) is 3.45. The first-order chi connectivity index (χ1) is 8.60. The van der Waals surface area contributed by atoms with Gasteiger partial charge < -0.3 is 9.84 Å². The van der Waals surface area contributed by atoms with Crippen LogP contribution in [0, 0.1) is 0 Å². The van der Waals surface area contributed by atoms with Crippen molar-refractivity contribution < 1.29 is 14.6 Å². The van der Waals surface area contributed by atoms with Crippen LogP contribution >= 0.6 is 15.9 Å². The molecule has 0 spiro atoms. The molecule has 0 radical (unpaired) electrons. The molecule has 1 fully saturated rings. The smallest absolute Gasteiger partial charge is 0.314 e. The van der Waals surface area contributed by atoms with Crippen LogP contribution in [-0.2, 0) is 21.6 Å². The van der Waals surface area contributed by atoms with Gasteiger partial charge in [-0.05, 0) is 30.0 Å². The van der Waals surface area contributed by atoms with Gasteiger partial charge in [-0.15, -0.1) is 0 Å². The average molecular weight is 313 g/mol. The predicted octanol–water partition coefficient (Wildman–Crippen LogP) is 3.49. The van der Waals surface area contributed by atoms with Gasteiger partial charge in [-0.2, -0.15) is 0 Å². The Bertz CT molecular complexity index is 450. The van der Waals surface area contributed by atoms with Crippen molar-refractivity contribution in [3.05, 3.63) is 33.8 Å². The third-order valence-corrected chi connectivity index (χ3v) is 4.51. The van der Waals surface area contributed by atoms with Crippen molar-refractivity contribution in [2.45, 2.75) is 37.7 Å². The highest BCUT2D eigenvalue weighted by Crippen LogP contribution is 2.42. The molecule has 98 valence electrons. The summed E-state index contributed by atoms with van der Waals surface area (Å²) in [6.45, 7) is 0.529. The topological polar surface area (TPSA) is 46.5 Å². The molecule has 1 saturated carbocycles. The maximum atomic E-state index is 11.6. The van der Waals surface area contributed by atoms with Gasteiger partial charge in [-0.3, -0.25) is 4.79 Å². The van der Waals surface area contributed by atoms with E-state index < -0.39 is 11.4 Å². The second-order valence-electron chi connectivity index (χ2n) is 4.83. The lowest BCUT2D eigenvalue weighted by molar-refractivity contribution is -0.143. The Labute approximate surface area is 115 Å². The van der Waals surface area contributed by atoms with Gasteiger partial charge in [0.05, 0.1) is 12.0 Å². The van der Waals surface area contributed by atoms with Crippen LogP contribution in [0.15, 0.2) is 22.7 Å². The fourth-order valence-electron chi connectivity index (χ4n) is 2.72. The van der Waals surface area contributed by atoms with E-state index in [0.29, 0.717) is 6.61 Å². The van der Waals surface area contributed by atoms with Crippen LogP contribution < -0.4 is 0 Å². The first-order valence-corrected chi connectivity index (χ1v) is 6.91. The van der Waals surface area contributed by atoms with E-state index in [1.807, 2.05) is 18.2 Å². The maximum absolute atomic E-state index is 11.6. The standard InChI is InChI=1S/C14H17BrO3/c1-18-9-10-4-5-11(8-12(10)15)14(13(16)17)6-2-3-7-14/h4-5,8H,2-3,6-7,9H2,1H3,(H,16,17). The molecule has 1 aromatic carbocycles. The zero-order valence-electron chi connectivity index (χ0n) is 10.4. The number of carboxylic acid groups (broad SMARTS) is 1. The lowest BCUT2D eigenvalue weighted by Gasteiger charge is -2.25. The highest BCUT2D eigenvalue weighted by molar-refractivity contribution is 9.10. The van der Waals surface area contributed by atoms with E-state index in [-0.39, 0.29) is 0 Å². The Morgan fingerprint density at radius 2 is 2.11 bits per heavy atom. The molecule has 0 atom stereocenters. The Morgan fingerprint density at radius 1 is 1.44 bits per heavy atom. The van der Waals surface area contributed by atoms with Crippen LogP contribution in [-0.4, -0.2) is 18.2 Å². The monoisotopic (exact) mass is 312 g/mol. The number of aliphatic carboxylic acids is 1. The Hall–Kier alpha value is -0.870. The number of rotatable bonds is 4. The molecule has 1 N–H and O–H groups in total. The second-order valence-corrected chi connectivity index (χ2v) is 5.69. The van der Waals surface area contributed by atoms with Crippen molar-refractivity contribution in [1.82, 2.24) is 0 Å². The summed E-state index contributed by atoms with van der Waals surface area (Å²) < 4.78 is 6.03. The number of hydrogen-bond donors (Lipinski definition) is 1. The van der Waals surface area contributed by atoms with Crippen molar-refractivity contribution >= 4 is 21.9 Å². The van der Waals surface area contributed by atoms with Gasteiger partial charge in [0.2, 0.25) is 0 Å².